The van der Waals surface area contributed by atoms with Gasteiger partial charge in [-0.2, -0.15) is 0 Å². The Hall–Kier alpha value is -4.78. The van der Waals surface area contributed by atoms with Crippen molar-refractivity contribution in [2.45, 2.75) is 18.3 Å². The number of aromatic amines is 1. The average molecular weight is 609 g/mol. The number of rotatable bonds is 3. The summed E-state index contributed by atoms with van der Waals surface area (Å²) in [5.74, 6) is -2.59. The van der Waals surface area contributed by atoms with E-state index in [1.54, 1.807) is 0 Å². The fourth-order valence-corrected chi connectivity index (χ4v) is 6.70. The molecule has 1 spiro atoms. The van der Waals surface area contributed by atoms with Gasteiger partial charge in [0.15, 0.2) is 11.2 Å². The number of aliphatic hydroxyl groups is 2. The van der Waals surface area contributed by atoms with Gasteiger partial charge < -0.3 is 29.9 Å². The molecule has 0 saturated carbocycles. The van der Waals surface area contributed by atoms with Gasteiger partial charge in [-0.25, -0.2) is 0 Å². The molecule has 2 aromatic rings. The van der Waals surface area contributed by atoms with Crippen LogP contribution in [0.15, 0.2) is 45.7 Å². The highest BCUT2D eigenvalue weighted by molar-refractivity contribution is 9.10. The molecule has 1 aromatic carbocycles. The van der Waals surface area contributed by atoms with E-state index in [2.05, 4.69) is 30.9 Å². The van der Waals surface area contributed by atoms with E-state index in [0.717, 1.165) is 13.2 Å². The normalized spacial score (nSPS) is 17.9. The average Bonchev–Trinajstić information content (AvgIpc) is 3.43. The van der Waals surface area contributed by atoms with Gasteiger partial charge in [0.25, 0.3) is 5.56 Å². The molecule has 1 unspecified atom stereocenters. The number of phenols is 1. The van der Waals surface area contributed by atoms with Crippen molar-refractivity contribution in [1.29, 1.82) is 0 Å². The molecule has 0 saturated heterocycles. The van der Waals surface area contributed by atoms with E-state index in [9.17, 15) is 39.3 Å². The lowest BCUT2D eigenvalue weighted by molar-refractivity contribution is 0.215. The minimum Gasteiger partial charge on any atom is -0.510 e. The van der Waals surface area contributed by atoms with Crippen LogP contribution < -0.4 is 42.4 Å². The Balaban J connectivity index is 1.80. The standard InChI is InChI=1S/C27H17BrN2O10/c1-39-12-6-11(31)14-15(20(12)32)22(34)17-16(21(14)33)24(36)27(25(17)37)4-3-9-18(27)23(35)13-10(19(9)28)5-8(7-29-40-2)30-26(13)38/h5-7,35-37H,3-4H2,1-2H3,(H,30,38)/b29-7+. The molecular weight excluding hydrogens is 592 g/mol. The number of phenolic OH excluding ortho intramolecular Hbond substituents is 1. The van der Waals surface area contributed by atoms with Crippen molar-refractivity contribution in [1.82, 2.24) is 4.98 Å². The van der Waals surface area contributed by atoms with Crippen molar-refractivity contribution < 1.29 is 24.9 Å². The van der Waals surface area contributed by atoms with E-state index < -0.39 is 76.6 Å². The molecule has 40 heavy (non-hydrogen) atoms. The van der Waals surface area contributed by atoms with Crippen LogP contribution in [0.4, 0.5) is 0 Å². The van der Waals surface area contributed by atoms with Crippen molar-refractivity contribution >= 4 is 44.4 Å². The number of oxime groups is 1. The first-order valence-electron chi connectivity index (χ1n) is 11.7. The number of hydrogen-bond acceptors (Lipinski definition) is 11. The summed E-state index contributed by atoms with van der Waals surface area (Å²) in [5, 5.41) is 35.4. The van der Waals surface area contributed by atoms with E-state index in [0.29, 0.717) is 15.4 Å². The van der Waals surface area contributed by atoms with E-state index in [-0.39, 0.29) is 29.5 Å². The number of aromatic hydroxyl groups is 1. The number of methoxy groups -OCH3 is 1. The summed E-state index contributed by atoms with van der Waals surface area (Å²) in [7, 11) is 2.44. The molecule has 0 aliphatic heterocycles. The zero-order valence-corrected chi connectivity index (χ0v) is 22.3. The summed E-state index contributed by atoms with van der Waals surface area (Å²) in [6.45, 7) is 0. The SMILES string of the molecule is CO/N=C/c1cc2c(Br)c3c(c(O)c2c(=O)[nH]1)C1(CC3)C(O)=c2c(=O)c3c(=O)cc(OC)c(=O)c=3c(=O)c2=C1O. The van der Waals surface area contributed by atoms with Crippen molar-refractivity contribution in [2.75, 3.05) is 14.2 Å². The second-order valence-corrected chi connectivity index (χ2v) is 10.2. The summed E-state index contributed by atoms with van der Waals surface area (Å²) in [6, 6.07) is 2.31. The zero-order chi connectivity index (χ0) is 28.8. The molecule has 0 radical (unpaired) electrons. The molecule has 4 aliphatic carbocycles. The maximum Gasteiger partial charge on any atom is 0.260 e. The second kappa shape index (κ2) is 8.36. The maximum atomic E-state index is 13.6. The van der Waals surface area contributed by atoms with Gasteiger partial charge in [0, 0.05) is 21.5 Å². The number of benzene rings is 1. The van der Waals surface area contributed by atoms with Crippen LogP contribution in [0, 0.1) is 10.4 Å². The highest BCUT2D eigenvalue weighted by atomic mass is 79.9. The van der Waals surface area contributed by atoms with Crippen LogP contribution in [0.1, 0.15) is 23.2 Å². The molecule has 202 valence electrons. The summed E-state index contributed by atoms with van der Waals surface area (Å²) in [4.78, 5) is 73.0. The number of aliphatic hydroxyl groups excluding tert-OH is 2. The Labute approximate surface area is 228 Å². The predicted octanol–water partition coefficient (Wildman–Crippen LogP) is -0.744. The monoisotopic (exact) mass is 608 g/mol. The molecule has 0 amide bonds. The van der Waals surface area contributed by atoms with Crippen molar-refractivity contribution in [3.8, 4) is 11.5 Å². The number of pyridine rings is 1. The van der Waals surface area contributed by atoms with Crippen molar-refractivity contribution in [3.63, 3.8) is 0 Å². The first-order valence-corrected chi connectivity index (χ1v) is 12.5. The Morgan fingerprint density at radius 3 is 2.23 bits per heavy atom. The highest BCUT2D eigenvalue weighted by Gasteiger charge is 2.53. The fourth-order valence-electron chi connectivity index (χ4n) is 5.99. The number of ether oxygens (including phenoxy) is 1. The number of hydrogen-bond donors (Lipinski definition) is 4. The Morgan fingerprint density at radius 2 is 1.60 bits per heavy atom. The van der Waals surface area contributed by atoms with E-state index in [4.69, 9.17) is 4.74 Å². The third-order valence-corrected chi connectivity index (χ3v) is 8.58. The van der Waals surface area contributed by atoms with Gasteiger partial charge in [-0.3, -0.25) is 24.0 Å². The number of nitrogens with one attached hydrogen (secondary N) is 1. The first-order chi connectivity index (χ1) is 19.0. The highest BCUT2D eigenvalue weighted by Crippen LogP contribution is 2.56. The molecule has 0 bridgehead atoms. The molecule has 12 nitrogen and oxygen atoms in total. The molecular formula is C27H17BrN2O10. The lowest BCUT2D eigenvalue weighted by atomic mass is 9.78. The molecule has 4 N–H and O–H groups in total. The topological polar surface area (TPSA) is 193 Å². The van der Waals surface area contributed by atoms with Crippen LogP contribution in [0.5, 0.6) is 11.5 Å². The summed E-state index contributed by atoms with van der Waals surface area (Å²) >= 11 is 3.47. The van der Waals surface area contributed by atoms with Gasteiger partial charge in [-0.05, 0) is 40.4 Å². The minimum absolute atomic E-state index is 0.0907. The Kier molecular flexibility index (Phi) is 5.33. The molecule has 13 heteroatoms. The maximum absolute atomic E-state index is 13.6. The van der Waals surface area contributed by atoms with Gasteiger partial charge in [0.2, 0.25) is 16.3 Å². The summed E-state index contributed by atoms with van der Waals surface area (Å²) < 4.78 is 5.25. The molecule has 1 atom stereocenters. The number of aromatic nitrogens is 1. The predicted molar refractivity (Wildman–Crippen MR) is 146 cm³/mol. The van der Waals surface area contributed by atoms with E-state index >= 15 is 0 Å². The molecule has 1 heterocycles. The summed E-state index contributed by atoms with van der Waals surface area (Å²) in [6.07, 6.45) is 1.27. The first kappa shape index (κ1) is 25.5. The van der Waals surface area contributed by atoms with Crippen LogP contribution in [0.25, 0.3) is 22.3 Å². The number of halogens is 1. The van der Waals surface area contributed by atoms with E-state index in [1.807, 2.05) is 0 Å². The third-order valence-electron chi connectivity index (χ3n) is 7.67. The van der Waals surface area contributed by atoms with Crippen LogP contribution in [-0.4, -0.2) is 40.7 Å². The van der Waals surface area contributed by atoms with Crippen LogP contribution in [0.2, 0.25) is 0 Å². The van der Waals surface area contributed by atoms with Crippen LogP contribution >= 0.6 is 15.9 Å². The lowest BCUT2D eigenvalue weighted by Gasteiger charge is -2.27. The zero-order valence-electron chi connectivity index (χ0n) is 20.7. The van der Waals surface area contributed by atoms with Crippen molar-refractivity contribution in [2.24, 2.45) is 5.16 Å². The molecule has 0 fully saturated rings. The van der Waals surface area contributed by atoms with Crippen molar-refractivity contribution in [3.05, 3.63) is 106 Å². The van der Waals surface area contributed by atoms with Gasteiger partial charge in [-0.1, -0.05) is 5.16 Å². The number of nitrogens with zero attached hydrogens (tertiary/aromatic N) is 1. The number of fused-ring (bicyclic) bond motifs is 4. The largest absolute Gasteiger partial charge is 0.510 e. The quantitative estimate of drug-likeness (QED) is 0.170. The minimum atomic E-state index is -1.99. The van der Waals surface area contributed by atoms with E-state index in [1.165, 1.54) is 19.4 Å². The number of H-pyrrole nitrogens is 1. The van der Waals surface area contributed by atoms with Crippen LogP contribution in [-0.2, 0) is 16.7 Å². The van der Waals surface area contributed by atoms with Gasteiger partial charge in [0.05, 0.1) is 45.3 Å². The van der Waals surface area contributed by atoms with Gasteiger partial charge >= 0.3 is 0 Å². The molecule has 1 aromatic heterocycles. The second-order valence-electron chi connectivity index (χ2n) is 9.44. The van der Waals surface area contributed by atoms with Gasteiger partial charge in [-0.15, -0.1) is 0 Å². The molecule has 6 rings (SSSR count). The molecule has 4 aliphatic rings. The third kappa shape index (κ3) is 2.89. The summed E-state index contributed by atoms with van der Waals surface area (Å²) in [5.41, 5.74) is -6.39. The van der Waals surface area contributed by atoms with Gasteiger partial charge in [0.1, 0.15) is 29.8 Å². The Morgan fingerprint density at radius 1 is 0.950 bits per heavy atom. The van der Waals surface area contributed by atoms with Crippen LogP contribution in [0.3, 0.4) is 0 Å². The fraction of sp³-hybridized carbons (Fsp3) is 0.185. The Bertz CT molecular complexity index is 2350. The lowest BCUT2D eigenvalue weighted by Crippen LogP contribution is -2.51. The smallest absolute Gasteiger partial charge is 0.260 e.